The number of halogens is 1. The Morgan fingerprint density at radius 3 is 3.05 bits per heavy atom. The Morgan fingerprint density at radius 1 is 1.62 bits per heavy atom. The number of H-pyrrole nitrogens is 1. The van der Waals surface area contributed by atoms with E-state index >= 15 is 0 Å². The van der Waals surface area contributed by atoms with Crippen molar-refractivity contribution in [3.8, 4) is 0 Å². The van der Waals surface area contributed by atoms with Crippen LogP contribution in [-0.4, -0.2) is 25.8 Å². The molecular formula is C12H14FN5O2S. The molecule has 1 aromatic carbocycles. The second kappa shape index (κ2) is 6.44. The molecule has 0 aliphatic rings. The molecule has 21 heavy (non-hydrogen) atoms. The lowest BCUT2D eigenvalue weighted by molar-refractivity contribution is 0.318. The first-order valence-corrected chi connectivity index (χ1v) is 7.10. The smallest absolute Gasteiger partial charge is 0.343 e. The average Bonchev–Trinajstić information content (AvgIpc) is 2.85. The number of hydrogen-bond acceptors (Lipinski definition) is 5. The summed E-state index contributed by atoms with van der Waals surface area (Å²) >= 11 is 1.23. The molecule has 0 aliphatic heterocycles. The highest BCUT2D eigenvalue weighted by molar-refractivity contribution is 7.98. The van der Waals surface area contributed by atoms with E-state index in [1.807, 2.05) is 6.92 Å². The summed E-state index contributed by atoms with van der Waals surface area (Å²) in [6.45, 7) is 2.30. The van der Waals surface area contributed by atoms with Gasteiger partial charge in [-0.25, -0.2) is 14.3 Å². The molecular weight excluding hydrogens is 297 g/mol. The molecule has 1 aromatic heterocycles. The minimum atomic E-state index is -0.554. The number of rotatable bonds is 5. The van der Waals surface area contributed by atoms with E-state index in [9.17, 15) is 9.18 Å². The van der Waals surface area contributed by atoms with Crippen molar-refractivity contribution in [3.63, 3.8) is 0 Å². The van der Waals surface area contributed by atoms with Crippen LogP contribution in [0.2, 0.25) is 0 Å². The maximum Gasteiger partial charge on any atom is 0.343 e. The fourth-order valence-corrected chi connectivity index (χ4v) is 2.76. The third-order valence-electron chi connectivity index (χ3n) is 2.86. The summed E-state index contributed by atoms with van der Waals surface area (Å²) in [5.41, 5.74) is 5.52. The average molecular weight is 311 g/mol. The van der Waals surface area contributed by atoms with Crippen molar-refractivity contribution in [1.29, 1.82) is 0 Å². The van der Waals surface area contributed by atoms with Crippen LogP contribution in [0.25, 0.3) is 0 Å². The van der Waals surface area contributed by atoms with Gasteiger partial charge < -0.3 is 10.9 Å². The lowest BCUT2D eigenvalue weighted by Gasteiger charge is -2.07. The van der Waals surface area contributed by atoms with Crippen molar-refractivity contribution in [2.24, 2.45) is 10.9 Å². The van der Waals surface area contributed by atoms with Gasteiger partial charge in [0.1, 0.15) is 5.82 Å². The molecule has 0 aliphatic carbocycles. The van der Waals surface area contributed by atoms with Gasteiger partial charge in [0.25, 0.3) is 0 Å². The van der Waals surface area contributed by atoms with Gasteiger partial charge in [-0.3, -0.25) is 4.57 Å². The quantitative estimate of drug-likeness (QED) is 0.252. The van der Waals surface area contributed by atoms with Crippen LogP contribution < -0.4 is 11.4 Å². The largest absolute Gasteiger partial charge is 0.409 e. The predicted molar refractivity (Wildman–Crippen MR) is 77.0 cm³/mol. The van der Waals surface area contributed by atoms with Crippen molar-refractivity contribution >= 4 is 17.6 Å². The van der Waals surface area contributed by atoms with Crippen LogP contribution in [0.15, 0.2) is 33.3 Å². The highest BCUT2D eigenvalue weighted by Crippen LogP contribution is 2.23. The molecule has 112 valence electrons. The van der Waals surface area contributed by atoms with E-state index in [1.54, 1.807) is 12.1 Å². The summed E-state index contributed by atoms with van der Waals surface area (Å²) in [5, 5.41) is 18.1. The number of nitrogens with two attached hydrogens (primary N) is 1. The molecule has 0 unspecified atom stereocenters. The summed E-state index contributed by atoms with van der Waals surface area (Å²) in [6, 6.07) is 4.64. The van der Waals surface area contributed by atoms with Crippen molar-refractivity contribution in [1.82, 2.24) is 14.8 Å². The molecule has 9 heteroatoms. The van der Waals surface area contributed by atoms with Gasteiger partial charge in [-0.2, -0.15) is 0 Å². The van der Waals surface area contributed by atoms with E-state index in [0.717, 1.165) is 0 Å². The molecule has 4 N–H and O–H groups in total. The minimum absolute atomic E-state index is 0.0329. The standard InChI is InChI=1S/C12H14FN5O2S/c1-2-18-11(19)15-16-12(18)21-6-7-4-3-5-8(9(7)13)10(14)17-20/h3-5,20H,2,6H2,1H3,(H2,14,17)(H,15,19). The van der Waals surface area contributed by atoms with Gasteiger partial charge >= 0.3 is 5.69 Å². The van der Waals surface area contributed by atoms with E-state index in [4.69, 9.17) is 10.9 Å². The van der Waals surface area contributed by atoms with Gasteiger partial charge in [-0.1, -0.05) is 29.1 Å². The molecule has 2 aromatic rings. The Balaban J connectivity index is 2.23. The molecule has 0 spiro atoms. The number of aromatic amines is 1. The van der Waals surface area contributed by atoms with Gasteiger partial charge in [0.2, 0.25) is 0 Å². The number of amidine groups is 1. The molecule has 0 bridgehead atoms. The summed E-state index contributed by atoms with van der Waals surface area (Å²) in [4.78, 5) is 11.4. The van der Waals surface area contributed by atoms with E-state index in [-0.39, 0.29) is 22.8 Å². The lowest BCUT2D eigenvalue weighted by Crippen LogP contribution is -2.16. The van der Waals surface area contributed by atoms with Gasteiger partial charge in [0.05, 0.1) is 5.56 Å². The molecule has 1 heterocycles. The number of benzene rings is 1. The second-order valence-electron chi connectivity index (χ2n) is 4.11. The fraction of sp³-hybridized carbons (Fsp3) is 0.250. The lowest BCUT2D eigenvalue weighted by atomic mass is 10.1. The van der Waals surface area contributed by atoms with Gasteiger partial charge in [0.15, 0.2) is 11.0 Å². The molecule has 0 radical (unpaired) electrons. The third kappa shape index (κ3) is 3.07. The van der Waals surface area contributed by atoms with Crippen molar-refractivity contribution in [2.75, 3.05) is 0 Å². The molecule has 0 saturated heterocycles. The topological polar surface area (TPSA) is 109 Å². The van der Waals surface area contributed by atoms with Crippen molar-refractivity contribution < 1.29 is 9.60 Å². The van der Waals surface area contributed by atoms with Crippen molar-refractivity contribution in [3.05, 3.63) is 45.6 Å². The van der Waals surface area contributed by atoms with Crippen LogP contribution in [-0.2, 0) is 12.3 Å². The first kappa shape index (κ1) is 15.1. The van der Waals surface area contributed by atoms with Crippen LogP contribution in [0.3, 0.4) is 0 Å². The van der Waals surface area contributed by atoms with E-state index in [2.05, 4.69) is 15.4 Å². The molecule has 0 amide bonds. The first-order valence-electron chi connectivity index (χ1n) is 6.11. The second-order valence-corrected chi connectivity index (χ2v) is 5.05. The highest BCUT2D eigenvalue weighted by atomic mass is 32.2. The normalized spacial score (nSPS) is 11.8. The van der Waals surface area contributed by atoms with Gasteiger partial charge in [-0.15, -0.1) is 5.10 Å². The molecule has 0 atom stereocenters. The molecule has 2 rings (SSSR count). The first-order chi connectivity index (χ1) is 10.1. The van der Waals surface area contributed by atoms with Crippen LogP contribution >= 0.6 is 11.8 Å². The predicted octanol–water partition coefficient (Wildman–Crippen LogP) is 1.12. The Kier molecular flexibility index (Phi) is 4.63. The number of thioether (sulfide) groups is 1. The maximum atomic E-state index is 14.2. The molecule has 7 nitrogen and oxygen atoms in total. The van der Waals surface area contributed by atoms with Crippen molar-refractivity contribution in [2.45, 2.75) is 24.4 Å². The van der Waals surface area contributed by atoms with E-state index in [1.165, 1.54) is 22.4 Å². The summed E-state index contributed by atoms with van der Waals surface area (Å²) in [5.74, 6) is -0.575. The molecule has 0 saturated carbocycles. The maximum absolute atomic E-state index is 14.2. The summed E-state index contributed by atoms with van der Waals surface area (Å²) in [7, 11) is 0. The summed E-state index contributed by atoms with van der Waals surface area (Å²) < 4.78 is 15.7. The van der Waals surface area contributed by atoms with Crippen LogP contribution in [0.4, 0.5) is 4.39 Å². The third-order valence-corrected chi connectivity index (χ3v) is 3.88. The zero-order valence-electron chi connectivity index (χ0n) is 11.2. The Labute approximate surface area is 123 Å². The Morgan fingerprint density at radius 2 is 2.38 bits per heavy atom. The Hall–Kier alpha value is -2.29. The number of oxime groups is 1. The van der Waals surface area contributed by atoms with Gasteiger partial charge in [-0.05, 0) is 18.6 Å². The van der Waals surface area contributed by atoms with Crippen LogP contribution in [0.1, 0.15) is 18.1 Å². The number of hydrogen-bond donors (Lipinski definition) is 3. The fourth-order valence-electron chi connectivity index (χ4n) is 1.78. The van der Waals surface area contributed by atoms with E-state index in [0.29, 0.717) is 17.3 Å². The Bertz CT molecular complexity index is 725. The van der Waals surface area contributed by atoms with Crippen LogP contribution in [0, 0.1) is 5.82 Å². The SMILES string of the molecule is CCn1c(SCc2cccc(/C(N)=N/O)c2F)n[nH]c1=O. The van der Waals surface area contributed by atoms with Gasteiger partial charge in [0, 0.05) is 12.3 Å². The number of aromatic nitrogens is 3. The monoisotopic (exact) mass is 311 g/mol. The zero-order valence-corrected chi connectivity index (χ0v) is 12.0. The number of nitrogens with zero attached hydrogens (tertiary/aromatic N) is 3. The minimum Gasteiger partial charge on any atom is -0.409 e. The van der Waals surface area contributed by atoms with E-state index < -0.39 is 5.82 Å². The highest BCUT2D eigenvalue weighted by Gasteiger charge is 2.13. The molecule has 0 fully saturated rings. The number of nitrogens with one attached hydrogen (secondary N) is 1. The van der Waals surface area contributed by atoms with Crippen LogP contribution in [0.5, 0.6) is 0 Å². The zero-order chi connectivity index (χ0) is 15.4. The summed E-state index contributed by atoms with van der Waals surface area (Å²) in [6.07, 6.45) is 0.